The Hall–Kier alpha value is -3.51. The first-order valence-corrected chi connectivity index (χ1v) is 11.0. The summed E-state index contributed by atoms with van der Waals surface area (Å²) in [4.78, 5) is 45.2. The SMILES string of the molecule is CC(C)Oc1ccc(C(=O)C2C(=O)C(=O)N(Cc3cccnc3)C2c2ccc(Cl)cc2)cc1. The molecule has 6 nitrogen and oxygen atoms in total. The summed E-state index contributed by atoms with van der Waals surface area (Å²) in [5.74, 6) is -2.34. The third-order valence-electron chi connectivity index (χ3n) is 5.49. The molecule has 0 N–H and O–H groups in total. The highest BCUT2D eigenvalue weighted by Crippen LogP contribution is 2.39. The van der Waals surface area contributed by atoms with E-state index >= 15 is 0 Å². The van der Waals surface area contributed by atoms with E-state index in [1.165, 1.54) is 4.90 Å². The number of rotatable bonds is 7. The normalized spacial score (nSPS) is 18.1. The van der Waals surface area contributed by atoms with Crippen molar-refractivity contribution in [2.45, 2.75) is 32.5 Å². The van der Waals surface area contributed by atoms with Gasteiger partial charge in [-0.2, -0.15) is 0 Å². The van der Waals surface area contributed by atoms with Gasteiger partial charge in [-0.25, -0.2) is 0 Å². The van der Waals surface area contributed by atoms with Gasteiger partial charge >= 0.3 is 0 Å². The molecular weight excluding hydrogens is 440 g/mol. The maximum absolute atomic E-state index is 13.5. The highest BCUT2D eigenvalue weighted by atomic mass is 35.5. The minimum absolute atomic E-state index is 0.00379. The van der Waals surface area contributed by atoms with E-state index < -0.39 is 29.4 Å². The van der Waals surface area contributed by atoms with Gasteiger partial charge in [-0.05, 0) is 67.4 Å². The third-order valence-corrected chi connectivity index (χ3v) is 5.74. The predicted octanol–water partition coefficient (Wildman–Crippen LogP) is 4.67. The van der Waals surface area contributed by atoms with Crippen molar-refractivity contribution < 1.29 is 19.1 Å². The van der Waals surface area contributed by atoms with Gasteiger partial charge in [0.2, 0.25) is 5.78 Å². The number of pyridine rings is 1. The molecule has 1 aliphatic heterocycles. The summed E-state index contributed by atoms with van der Waals surface area (Å²) in [5.41, 5.74) is 1.78. The van der Waals surface area contributed by atoms with E-state index in [1.807, 2.05) is 19.9 Å². The number of hydrogen-bond donors (Lipinski definition) is 0. The van der Waals surface area contributed by atoms with Gasteiger partial charge in [-0.3, -0.25) is 19.4 Å². The lowest BCUT2D eigenvalue weighted by Crippen LogP contribution is -2.30. The number of likely N-dealkylation sites (tertiary alicyclic amines) is 1. The molecule has 0 aliphatic carbocycles. The Morgan fingerprint density at radius 1 is 1.06 bits per heavy atom. The highest BCUT2D eigenvalue weighted by molar-refractivity contribution is 6.44. The van der Waals surface area contributed by atoms with Gasteiger partial charge in [-0.1, -0.05) is 29.8 Å². The molecular formula is C26H23ClN2O4. The predicted molar refractivity (Wildman–Crippen MR) is 124 cm³/mol. The molecule has 0 bridgehead atoms. The average molecular weight is 463 g/mol. The molecule has 1 amide bonds. The molecule has 1 aromatic heterocycles. The zero-order valence-corrected chi connectivity index (χ0v) is 19.0. The van der Waals surface area contributed by atoms with Crippen molar-refractivity contribution in [3.8, 4) is 5.75 Å². The molecule has 0 saturated carbocycles. The van der Waals surface area contributed by atoms with Crippen LogP contribution in [-0.2, 0) is 16.1 Å². The summed E-state index contributed by atoms with van der Waals surface area (Å²) in [6, 6.07) is 16.3. The first-order chi connectivity index (χ1) is 15.8. The largest absolute Gasteiger partial charge is 0.491 e. The van der Waals surface area contributed by atoms with Gasteiger partial charge in [0.15, 0.2) is 5.78 Å². The number of ether oxygens (including phenoxy) is 1. The van der Waals surface area contributed by atoms with Crippen molar-refractivity contribution in [2.75, 3.05) is 0 Å². The minimum atomic E-state index is -1.16. The van der Waals surface area contributed by atoms with Gasteiger partial charge in [0.05, 0.1) is 12.1 Å². The number of benzene rings is 2. The van der Waals surface area contributed by atoms with Crippen LogP contribution in [0.3, 0.4) is 0 Å². The van der Waals surface area contributed by atoms with E-state index in [0.717, 1.165) is 5.56 Å². The maximum atomic E-state index is 13.5. The van der Waals surface area contributed by atoms with E-state index in [9.17, 15) is 14.4 Å². The Bertz CT molecular complexity index is 1160. The number of ketones is 2. The monoisotopic (exact) mass is 462 g/mol. The number of carbonyl (C=O) groups is 3. The van der Waals surface area contributed by atoms with Crippen LogP contribution in [0, 0.1) is 5.92 Å². The Kier molecular flexibility index (Phi) is 6.56. The molecule has 4 rings (SSSR count). The molecule has 2 heterocycles. The quantitative estimate of drug-likeness (QED) is 0.289. The van der Waals surface area contributed by atoms with Crippen LogP contribution in [0.2, 0.25) is 5.02 Å². The summed E-state index contributed by atoms with van der Waals surface area (Å²) < 4.78 is 5.64. The molecule has 2 aromatic carbocycles. The van der Waals surface area contributed by atoms with Crippen LogP contribution < -0.4 is 4.74 Å². The molecule has 1 aliphatic rings. The summed E-state index contributed by atoms with van der Waals surface area (Å²) in [6.07, 6.45) is 3.27. The molecule has 2 unspecified atom stereocenters. The van der Waals surface area contributed by atoms with Crippen LogP contribution in [0.15, 0.2) is 73.1 Å². The first kappa shape index (κ1) is 22.7. The lowest BCUT2D eigenvalue weighted by atomic mass is 9.86. The van der Waals surface area contributed by atoms with Crippen molar-refractivity contribution in [3.05, 3.63) is 94.8 Å². The number of carbonyl (C=O) groups excluding carboxylic acids is 3. The van der Waals surface area contributed by atoms with E-state index in [4.69, 9.17) is 16.3 Å². The molecule has 3 aromatic rings. The lowest BCUT2D eigenvalue weighted by molar-refractivity contribution is -0.141. The van der Waals surface area contributed by atoms with E-state index in [0.29, 0.717) is 21.9 Å². The summed E-state index contributed by atoms with van der Waals surface area (Å²) in [7, 11) is 0. The van der Waals surface area contributed by atoms with Crippen molar-refractivity contribution in [3.63, 3.8) is 0 Å². The average Bonchev–Trinajstić information content (AvgIpc) is 3.05. The number of hydrogen-bond acceptors (Lipinski definition) is 5. The Balaban J connectivity index is 1.71. The van der Waals surface area contributed by atoms with E-state index in [1.54, 1.807) is 67.0 Å². The van der Waals surface area contributed by atoms with Crippen LogP contribution >= 0.6 is 11.6 Å². The molecule has 0 spiro atoms. The van der Waals surface area contributed by atoms with Gasteiger partial charge in [0.1, 0.15) is 11.7 Å². The Morgan fingerprint density at radius 3 is 2.36 bits per heavy atom. The molecule has 1 fully saturated rings. The smallest absolute Gasteiger partial charge is 0.291 e. The third kappa shape index (κ3) is 4.81. The topological polar surface area (TPSA) is 76.6 Å². The zero-order valence-electron chi connectivity index (χ0n) is 18.3. The summed E-state index contributed by atoms with van der Waals surface area (Å²) in [5, 5.41) is 0.525. The van der Waals surface area contributed by atoms with Gasteiger partial charge in [0.25, 0.3) is 5.91 Å². The fraction of sp³-hybridized carbons (Fsp3) is 0.231. The summed E-state index contributed by atoms with van der Waals surface area (Å²) in [6.45, 7) is 3.99. The number of nitrogens with zero attached hydrogens (tertiary/aromatic N) is 2. The van der Waals surface area contributed by atoms with Crippen LogP contribution in [0.4, 0.5) is 0 Å². The minimum Gasteiger partial charge on any atom is -0.491 e. The van der Waals surface area contributed by atoms with Gasteiger partial charge < -0.3 is 9.64 Å². The lowest BCUT2D eigenvalue weighted by Gasteiger charge is -2.27. The van der Waals surface area contributed by atoms with Gasteiger partial charge in [-0.15, -0.1) is 0 Å². The van der Waals surface area contributed by atoms with E-state index in [-0.39, 0.29) is 12.6 Å². The van der Waals surface area contributed by atoms with Crippen molar-refractivity contribution in [1.29, 1.82) is 0 Å². The highest BCUT2D eigenvalue weighted by Gasteiger charge is 2.51. The molecule has 2 atom stereocenters. The Labute approximate surface area is 197 Å². The second-order valence-corrected chi connectivity index (χ2v) is 8.62. The number of aromatic nitrogens is 1. The zero-order chi connectivity index (χ0) is 23.5. The summed E-state index contributed by atoms with van der Waals surface area (Å²) >= 11 is 6.05. The number of amides is 1. The van der Waals surface area contributed by atoms with Crippen molar-refractivity contribution in [1.82, 2.24) is 9.88 Å². The maximum Gasteiger partial charge on any atom is 0.291 e. The van der Waals surface area contributed by atoms with Crippen LogP contribution in [-0.4, -0.2) is 33.5 Å². The fourth-order valence-electron chi connectivity index (χ4n) is 4.03. The molecule has 7 heteroatoms. The van der Waals surface area contributed by atoms with Crippen molar-refractivity contribution in [2.24, 2.45) is 5.92 Å². The van der Waals surface area contributed by atoms with Gasteiger partial charge in [0, 0.05) is 29.5 Å². The first-order valence-electron chi connectivity index (χ1n) is 10.6. The van der Waals surface area contributed by atoms with Crippen LogP contribution in [0.5, 0.6) is 5.75 Å². The standard InChI is InChI=1S/C26H23ClN2O4/c1-16(2)33-21-11-7-19(8-12-21)24(30)22-23(18-5-9-20(27)10-6-18)29(26(32)25(22)31)15-17-4-3-13-28-14-17/h3-14,16,22-23H,15H2,1-2H3. The number of Topliss-reactive ketones (excluding diaryl/α,β-unsaturated/α-hetero) is 2. The van der Waals surface area contributed by atoms with E-state index in [2.05, 4.69) is 4.98 Å². The van der Waals surface area contributed by atoms with Crippen LogP contribution in [0.1, 0.15) is 41.4 Å². The van der Waals surface area contributed by atoms with Crippen molar-refractivity contribution >= 4 is 29.1 Å². The molecule has 168 valence electrons. The molecule has 33 heavy (non-hydrogen) atoms. The fourth-order valence-corrected chi connectivity index (χ4v) is 4.15. The second kappa shape index (κ2) is 9.55. The molecule has 1 saturated heterocycles. The van der Waals surface area contributed by atoms with Crippen LogP contribution in [0.25, 0.3) is 0 Å². The second-order valence-electron chi connectivity index (χ2n) is 8.19. The molecule has 0 radical (unpaired) electrons. The number of halogens is 1. The Morgan fingerprint density at radius 2 is 1.76 bits per heavy atom.